The van der Waals surface area contributed by atoms with Crippen molar-refractivity contribution in [2.75, 3.05) is 33.3 Å². The van der Waals surface area contributed by atoms with Crippen molar-refractivity contribution in [3.05, 3.63) is 48.5 Å². The predicted molar refractivity (Wildman–Crippen MR) is 111 cm³/mol. The average molecular weight is 386 g/mol. The third kappa shape index (κ3) is 4.84. The third-order valence-electron chi connectivity index (χ3n) is 5.38. The summed E-state index contributed by atoms with van der Waals surface area (Å²) in [5.74, 6) is 2.21. The van der Waals surface area contributed by atoms with Crippen LogP contribution in [0.25, 0.3) is 0 Å². The van der Waals surface area contributed by atoms with E-state index in [0.29, 0.717) is 18.5 Å². The van der Waals surface area contributed by atoms with E-state index in [9.17, 15) is 5.11 Å². The number of aliphatic imine (C=N–C) groups is 1. The number of hydrogen-bond donors (Lipinski definition) is 2. The normalized spacial score (nSPS) is 21.4. The smallest absolute Gasteiger partial charge is 0.194 e. The molecule has 0 radical (unpaired) electrons. The quantitative estimate of drug-likeness (QED) is 0.590. The minimum absolute atomic E-state index is 0.316. The number of ether oxygens (including phenoxy) is 1. The maximum absolute atomic E-state index is 10.5. The van der Waals surface area contributed by atoms with Crippen LogP contribution in [0.2, 0.25) is 0 Å². The number of imidazole rings is 1. The highest BCUT2D eigenvalue weighted by Gasteiger charge is 2.29. The van der Waals surface area contributed by atoms with Gasteiger partial charge in [0.2, 0.25) is 0 Å². The molecule has 1 fully saturated rings. The molecule has 3 atom stereocenters. The standard InChI is InChI=1S/C21H31N5O2/c1-4-23-21(24-13-20(27)17-5-7-18(28-3)8-6-17)25-11-9-16(2)19(14-25)26-12-10-22-15-26/h5-8,10,12,15-16,19-20,27H,4,9,11,13-14H2,1-3H3,(H,23,24). The maximum atomic E-state index is 10.5. The van der Waals surface area contributed by atoms with Crippen LogP contribution >= 0.6 is 0 Å². The van der Waals surface area contributed by atoms with E-state index in [1.807, 2.05) is 43.0 Å². The zero-order valence-corrected chi connectivity index (χ0v) is 17.0. The molecule has 2 aromatic rings. The number of likely N-dealkylation sites (tertiary alicyclic amines) is 1. The number of methoxy groups -OCH3 is 1. The van der Waals surface area contributed by atoms with Gasteiger partial charge in [-0.25, -0.2) is 4.98 Å². The molecule has 0 spiro atoms. The van der Waals surface area contributed by atoms with Crippen LogP contribution in [-0.4, -0.2) is 58.8 Å². The Kier molecular flexibility index (Phi) is 6.92. The molecular formula is C21H31N5O2. The fourth-order valence-corrected chi connectivity index (χ4v) is 3.63. The van der Waals surface area contributed by atoms with E-state index in [4.69, 9.17) is 9.73 Å². The molecule has 0 amide bonds. The molecule has 2 heterocycles. The molecule has 1 aliphatic rings. The zero-order valence-electron chi connectivity index (χ0n) is 17.0. The molecule has 7 heteroatoms. The lowest BCUT2D eigenvalue weighted by Gasteiger charge is -2.39. The summed E-state index contributed by atoms with van der Waals surface area (Å²) in [6, 6.07) is 7.84. The summed E-state index contributed by atoms with van der Waals surface area (Å²) < 4.78 is 7.36. The summed E-state index contributed by atoms with van der Waals surface area (Å²) >= 11 is 0. The van der Waals surface area contributed by atoms with Crippen LogP contribution in [0.5, 0.6) is 5.75 Å². The summed E-state index contributed by atoms with van der Waals surface area (Å²) in [5.41, 5.74) is 0.837. The molecule has 0 saturated carbocycles. The Bertz CT molecular complexity index is 745. The van der Waals surface area contributed by atoms with Crippen LogP contribution in [0.4, 0.5) is 0 Å². The molecular weight excluding hydrogens is 354 g/mol. The lowest BCUT2D eigenvalue weighted by atomic mass is 9.93. The summed E-state index contributed by atoms with van der Waals surface area (Å²) in [7, 11) is 1.63. The van der Waals surface area contributed by atoms with E-state index >= 15 is 0 Å². The minimum atomic E-state index is -0.646. The molecule has 152 valence electrons. The number of aromatic nitrogens is 2. The molecule has 1 aliphatic heterocycles. The van der Waals surface area contributed by atoms with E-state index in [1.54, 1.807) is 7.11 Å². The first kappa shape index (κ1) is 20.2. The Labute approximate surface area is 167 Å². The van der Waals surface area contributed by atoms with E-state index in [2.05, 4.69) is 33.6 Å². The molecule has 0 bridgehead atoms. The molecule has 1 aromatic carbocycles. The molecule has 1 saturated heterocycles. The number of benzene rings is 1. The lowest BCUT2D eigenvalue weighted by Crippen LogP contribution is -2.49. The van der Waals surface area contributed by atoms with Crippen molar-refractivity contribution in [1.29, 1.82) is 0 Å². The first-order valence-electron chi connectivity index (χ1n) is 9.95. The van der Waals surface area contributed by atoms with Crippen molar-refractivity contribution in [3.63, 3.8) is 0 Å². The number of hydrogen-bond acceptors (Lipinski definition) is 4. The molecule has 2 N–H and O–H groups in total. The number of nitrogens with one attached hydrogen (secondary N) is 1. The summed E-state index contributed by atoms with van der Waals surface area (Å²) in [4.78, 5) is 11.2. The van der Waals surface area contributed by atoms with Crippen molar-refractivity contribution in [2.45, 2.75) is 32.4 Å². The van der Waals surface area contributed by atoms with Crippen molar-refractivity contribution < 1.29 is 9.84 Å². The first-order chi connectivity index (χ1) is 13.6. The molecule has 28 heavy (non-hydrogen) atoms. The van der Waals surface area contributed by atoms with E-state index in [1.165, 1.54) is 0 Å². The van der Waals surface area contributed by atoms with Gasteiger partial charge in [0.15, 0.2) is 5.96 Å². The van der Waals surface area contributed by atoms with E-state index < -0.39 is 6.10 Å². The Morgan fingerprint density at radius 1 is 1.39 bits per heavy atom. The second-order valence-corrected chi connectivity index (χ2v) is 7.27. The SMILES string of the molecule is CCNC(=NCC(O)c1ccc(OC)cc1)N1CCC(C)C(n2ccnc2)C1. The van der Waals surface area contributed by atoms with Gasteiger partial charge in [0.05, 0.1) is 32.1 Å². The van der Waals surface area contributed by atoms with Gasteiger partial charge in [-0.3, -0.25) is 4.99 Å². The first-order valence-corrected chi connectivity index (χ1v) is 9.95. The average Bonchev–Trinajstić information content (AvgIpc) is 3.26. The number of piperidine rings is 1. The second kappa shape index (κ2) is 9.59. The zero-order chi connectivity index (χ0) is 19.9. The number of guanidine groups is 1. The number of aliphatic hydroxyl groups is 1. The van der Waals surface area contributed by atoms with Gasteiger partial charge in [-0.2, -0.15) is 0 Å². The summed E-state index contributed by atoms with van der Waals surface area (Å²) in [6.07, 6.45) is 6.20. The van der Waals surface area contributed by atoms with Crippen molar-refractivity contribution in [1.82, 2.24) is 19.8 Å². The minimum Gasteiger partial charge on any atom is -0.497 e. The molecule has 3 unspecified atom stereocenters. The number of rotatable bonds is 6. The fourth-order valence-electron chi connectivity index (χ4n) is 3.63. The van der Waals surface area contributed by atoms with Gasteiger partial charge in [0.1, 0.15) is 5.75 Å². The molecule has 3 rings (SSSR count). The van der Waals surface area contributed by atoms with Crippen LogP contribution in [-0.2, 0) is 0 Å². The monoisotopic (exact) mass is 385 g/mol. The Hall–Kier alpha value is -2.54. The van der Waals surface area contributed by atoms with Crippen LogP contribution < -0.4 is 10.1 Å². The van der Waals surface area contributed by atoms with Crippen LogP contribution in [0, 0.1) is 5.92 Å². The van der Waals surface area contributed by atoms with Gasteiger partial charge in [-0.1, -0.05) is 19.1 Å². The highest BCUT2D eigenvalue weighted by molar-refractivity contribution is 5.80. The number of aliphatic hydroxyl groups excluding tert-OH is 1. The largest absolute Gasteiger partial charge is 0.497 e. The molecule has 7 nitrogen and oxygen atoms in total. The van der Waals surface area contributed by atoms with Gasteiger partial charge < -0.3 is 24.6 Å². The van der Waals surface area contributed by atoms with Crippen LogP contribution in [0.3, 0.4) is 0 Å². The Balaban J connectivity index is 1.69. The predicted octanol–water partition coefficient (Wildman–Crippen LogP) is 2.47. The Morgan fingerprint density at radius 3 is 2.82 bits per heavy atom. The van der Waals surface area contributed by atoms with E-state index in [0.717, 1.165) is 43.3 Å². The van der Waals surface area contributed by atoms with Crippen molar-refractivity contribution in [2.24, 2.45) is 10.9 Å². The van der Waals surface area contributed by atoms with Crippen LogP contribution in [0.1, 0.15) is 38.0 Å². The fraction of sp³-hybridized carbons (Fsp3) is 0.524. The van der Waals surface area contributed by atoms with Gasteiger partial charge >= 0.3 is 0 Å². The van der Waals surface area contributed by atoms with Gasteiger partial charge in [0, 0.05) is 32.0 Å². The third-order valence-corrected chi connectivity index (χ3v) is 5.38. The van der Waals surface area contributed by atoms with E-state index in [-0.39, 0.29) is 0 Å². The highest BCUT2D eigenvalue weighted by Crippen LogP contribution is 2.27. The topological polar surface area (TPSA) is 74.9 Å². The highest BCUT2D eigenvalue weighted by atomic mass is 16.5. The molecule has 1 aromatic heterocycles. The maximum Gasteiger partial charge on any atom is 0.194 e. The number of nitrogens with zero attached hydrogens (tertiary/aromatic N) is 4. The van der Waals surface area contributed by atoms with Crippen molar-refractivity contribution in [3.8, 4) is 5.75 Å². The second-order valence-electron chi connectivity index (χ2n) is 7.27. The summed E-state index contributed by atoms with van der Waals surface area (Å²) in [5, 5.41) is 13.9. The van der Waals surface area contributed by atoms with Crippen LogP contribution in [0.15, 0.2) is 48.0 Å². The Morgan fingerprint density at radius 2 is 2.18 bits per heavy atom. The van der Waals surface area contributed by atoms with Gasteiger partial charge in [-0.15, -0.1) is 0 Å². The van der Waals surface area contributed by atoms with Gasteiger partial charge in [-0.05, 0) is 37.0 Å². The molecule has 0 aliphatic carbocycles. The summed E-state index contributed by atoms with van der Waals surface area (Å²) in [6.45, 7) is 7.30. The van der Waals surface area contributed by atoms with Crippen molar-refractivity contribution >= 4 is 5.96 Å². The van der Waals surface area contributed by atoms with Gasteiger partial charge in [0.25, 0.3) is 0 Å². The lowest BCUT2D eigenvalue weighted by molar-refractivity contribution is 0.179.